The monoisotopic (exact) mass is 273 g/mol. The van der Waals surface area contributed by atoms with E-state index in [2.05, 4.69) is 54.5 Å². The lowest BCUT2D eigenvalue weighted by molar-refractivity contribution is -0.109. The molecule has 0 saturated heterocycles. The van der Waals surface area contributed by atoms with Crippen molar-refractivity contribution in [3.8, 4) is 0 Å². The first-order valence-corrected chi connectivity index (χ1v) is 7.49. The third-order valence-electron chi connectivity index (χ3n) is 4.93. The van der Waals surface area contributed by atoms with E-state index < -0.39 is 0 Å². The summed E-state index contributed by atoms with van der Waals surface area (Å²) in [5.74, 6) is 0. The number of hydrogen-bond acceptors (Lipinski definition) is 3. The summed E-state index contributed by atoms with van der Waals surface area (Å²) in [5.41, 5.74) is 2.45. The van der Waals surface area contributed by atoms with Crippen molar-refractivity contribution in [2.75, 3.05) is 11.9 Å². The zero-order valence-electron chi connectivity index (χ0n) is 12.4. The average Bonchev–Trinajstić information content (AvgIpc) is 2.94. The van der Waals surface area contributed by atoms with Gasteiger partial charge in [0.05, 0.1) is 17.8 Å². The van der Waals surface area contributed by atoms with Crippen LogP contribution in [0.25, 0.3) is 10.9 Å². The van der Waals surface area contributed by atoms with Crippen LogP contribution in [0.2, 0.25) is 0 Å². The number of nitrogens with zero attached hydrogens (tertiary/aromatic N) is 1. The average molecular weight is 273 g/mol. The molecule has 4 heteroatoms. The normalized spacial score (nSPS) is 29.4. The number of aromatic nitrogens is 2. The molecule has 3 atom stereocenters. The summed E-state index contributed by atoms with van der Waals surface area (Å²) in [6.07, 6.45) is 4.46. The second kappa shape index (κ2) is 5.09. The molecular formula is C16H23N3O. The van der Waals surface area contributed by atoms with E-state index in [4.69, 9.17) is 4.74 Å². The Hall–Kier alpha value is -1.55. The zero-order valence-corrected chi connectivity index (χ0v) is 12.4. The second-order valence-electron chi connectivity index (χ2n) is 5.87. The molecule has 2 N–H and O–H groups in total. The Morgan fingerprint density at radius 2 is 2.30 bits per heavy atom. The molecule has 0 aliphatic heterocycles. The van der Waals surface area contributed by atoms with Gasteiger partial charge in [-0.15, -0.1) is 0 Å². The molecule has 3 rings (SSSR count). The molecule has 0 amide bonds. The van der Waals surface area contributed by atoms with Gasteiger partial charge >= 0.3 is 0 Å². The fourth-order valence-corrected chi connectivity index (χ4v) is 3.26. The molecule has 1 aromatic carbocycles. The molecule has 3 unspecified atom stereocenters. The minimum atomic E-state index is 0.210. The van der Waals surface area contributed by atoms with Crippen LogP contribution in [0.15, 0.2) is 24.4 Å². The molecule has 4 nitrogen and oxygen atoms in total. The highest BCUT2D eigenvalue weighted by molar-refractivity contribution is 5.91. The van der Waals surface area contributed by atoms with Crippen molar-refractivity contribution >= 4 is 16.6 Å². The van der Waals surface area contributed by atoms with Crippen molar-refractivity contribution in [2.45, 2.75) is 45.8 Å². The maximum Gasteiger partial charge on any atom is 0.0671 e. The summed E-state index contributed by atoms with van der Waals surface area (Å²) in [5, 5.41) is 12.0. The predicted molar refractivity (Wildman–Crippen MR) is 81.9 cm³/mol. The number of fused-ring (bicyclic) bond motifs is 1. The van der Waals surface area contributed by atoms with Gasteiger partial charge < -0.3 is 10.1 Å². The van der Waals surface area contributed by atoms with Gasteiger partial charge in [0.1, 0.15) is 0 Å². The third-order valence-corrected chi connectivity index (χ3v) is 4.93. The molecule has 1 aliphatic rings. The number of H-pyrrole nitrogens is 1. The lowest BCUT2D eigenvalue weighted by atomic mass is 9.61. The Labute approximate surface area is 119 Å². The van der Waals surface area contributed by atoms with Crippen LogP contribution >= 0.6 is 0 Å². The Morgan fingerprint density at radius 3 is 3.05 bits per heavy atom. The van der Waals surface area contributed by atoms with Crippen molar-refractivity contribution in [2.24, 2.45) is 5.41 Å². The van der Waals surface area contributed by atoms with Crippen molar-refractivity contribution < 1.29 is 4.74 Å². The van der Waals surface area contributed by atoms with Gasteiger partial charge in [-0.05, 0) is 31.9 Å². The molecule has 0 spiro atoms. The maximum atomic E-state index is 5.87. The van der Waals surface area contributed by atoms with Gasteiger partial charge in [-0.2, -0.15) is 5.10 Å². The number of ether oxygens (including phenoxy) is 1. The molecule has 1 aromatic heterocycles. The first kappa shape index (κ1) is 13.4. The van der Waals surface area contributed by atoms with Crippen molar-refractivity contribution in [1.82, 2.24) is 10.2 Å². The minimum Gasteiger partial charge on any atom is -0.381 e. The number of benzene rings is 1. The molecular weight excluding hydrogens is 250 g/mol. The number of aromatic amines is 1. The number of hydrogen-bond donors (Lipinski definition) is 2. The molecule has 108 valence electrons. The van der Waals surface area contributed by atoms with E-state index in [-0.39, 0.29) is 5.41 Å². The highest BCUT2D eigenvalue weighted by Crippen LogP contribution is 2.47. The molecule has 1 heterocycles. The van der Waals surface area contributed by atoms with Gasteiger partial charge in [0, 0.05) is 29.1 Å². The molecule has 1 fully saturated rings. The molecule has 1 aliphatic carbocycles. The van der Waals surface area contributed by atoms with E-state index in [0.717, 1.165) is 36.0 Å². The van der Waals surface area contributed by atoms with Crippen molar-refractivity contribution in [3.05, 3.63) is 24.4 Å². The van der Waals surface area contributed by atoms with E-state index in [1.165, 1.54) is 0 Å². The van der Waals surface area contributed by atoms with Crippen LogP contribution < -0.4 is 5.32 Å². The van der Waals surface area contributed by atoms with Crippen LogP contribution in [-0.2, 0) is 4.74 Å². The smallest absolute Gasteiger partial charge is 0.0671 e. The largest absolute Gasteiger partial charge is 0.381 e. The third kappa shape index (κ3) is 1.99. The number of nitrogens with one attached hydrogen (secondary N) is 2. The fourth-order valence-electron chi connectivity index (χ4n) is 3.26. The Balaban J connectivity index is 1.80. The molecule has 1 saturated carbocycles. The fraction of sp³-hybridized carbons (Fsp3) is 0.562. The summed E-state index contributed by atoms with van der Waals surface area (Å²) in [7, 11) is 0. The molecule has 20 heavy (non-hydrogen) atoms. The topological polar surface area (TPSA) is 49.9 Å². The summed E-state index contributed by atoms with van der Waals surface area (Å²) >= 11 is 0. The number of rotatable bonds is 5. The first-order valence-electron chi connectivity index (χ1n) is 7.49. The summed E-state index contributed by atoms with van der Waals surface area (Å²) in [4.78, 5) is 0. The SMILES string of the molecule is CCOC1CC(Nc2cccc3[nH]ncc23)C1(C)CC. The van der Waals surface area contributed by atoms with Crippen molar-refractivity contribution in [3.63, 3.8) is 0 Å². The van der Waals surface area contributed by atoms with Gasteiger partial charge in [-0.3, -0.25) is 5.10 Å². The van der Waals surface area contributed by atoms with E-state index >= 15 is 0 Å². The van der Waals surface area contributed by atoms with Gasteiger partial charge in [-0.1, -0.05) is 19.9 Å². The Kier molecular flexibility index (Phi) is 3.42. The Bertz CT molecular complexity index is 594. The van der Waals surface area contributed by atoms with E-state index in [1.807, 2.05) is 6.20 Å². The van der Waals surface area contributed by atoms with E-state index in [0.29, 0.717) is 12.1 Å². The van der Waals surface area contributed by atoms with Gasteiger partial charge in [0.2, 0.25) is 0 Å². The minimum absolute atomic E-state index is 0.210. The highest BCUT2D eigenvalue weighted by atomic mass is 16.5. The highest BCUT2D eigenvalue weighted by Gasteiger charge is 2.51. The standard InChI is InChI=1S/C16H23N3O/c1-4-16(3)14(9-15(16)20-5-2)18-12-7-6-8-13-11(12)10-17-19-13/h6-8,10,14-15,18H,4-5,9H2,1-3H3,(H,17,19). The van der Waals surface area contributed by atoms with Crippen LogP contribution in [0.4, 0.5) is 5.69 Å². The quantitative estimate of drug-likeness (QED) is 0.875. The van der Waals surface area contributed by atoms with Crippen LogP contribution in [0.1, 0.15) is 33.6 Å². The maximum absolute atomic E-state index is 5.87. The summed E-state index contributed by atoms with van der Waals surface area (Å²) in [6.45, 7) is 7.44. The molecule has 0 bridgehead atoms. The van der Waals surface area contributed by atoms with Crippen LogP contribution in [0.5, 0.6) is 0 Å². The van der Waals surface area contributed by atoms with Gasteiger partial charge in [0.15, 0.2) is 0 Å². The van der Waals surface area contributed by atoms with Crippen LogP contribution in [-0.4, -0.2) is 29.0 Å². The molecule has 0 radical (unpaired) electrons. The van der Waals surface area contributed by atoms with Crippen LogP contribution in [0.3, 0.4) is 0 Å². The van der Waals surface area contributed by atoms with Crippen LogP contribution in [0, 0.1) is 5.41 Å². The first-order chi connectivity index (χ1) is 9.69. The molecule has 2 aromatic rings. The lowest BCUT2D eigenvalue weighted by Gasteiger charge is -2.54. The zero-order chi connectivity index (χ0) is 14.2. The summed E-state index contributed by atoms with van der Waals surface area (Å²) < 4.78 is 5.87. The van der Waals surface area contributed by atoms with E-state index in [9.17, 15) is 0 Å². The Morgan fingerprint density at radius 1 is 1.45 bits per heavy atom. The second-order valence-corrected chi connectivity index (χ2v) is 5.87. The lowest BCUT2D eigenvalue weighted by Crippen LogP contribution is -2.59. The van der Waals surface area contributed by atoms with Gasteiger partial charge in [0.25, 0.3) is 0 Å². The predicted octanol–water partition coefficient (Wildman–Crippen LogP) is 3.57. The van der Waals surface area contributed by atoms with Crippen molar-refractivity contribution in [1.29, 1.82) is 0 Å². The summed E-state index contributed by atoms with van der Waals surface area (Å²) in [6, 6.07) is 6.70. The van der Waals surface area contributed by atoms with E-state index in [1.54, 1.807) is 0 Å². The number of anilines is 1. The van der Waals surface area contributed by atoms with Gasteiger partial charge in [-0.25, -0.2) is 0 Å².